The summed E-state index contributed by atoms with van der Waals surface area (Å²) in [7, 11) is 0. The molecule has 118 valence electrons. The molecule has 1 unspecified atom stereocenters. The second kappa shape index (κ2) is 7.59. The third-order valence-electron chi connectivity index (χ3n) is 4.32. The van der Waals surface area contributed by atoms with Crippen molar-refractivity contribution in [3.05, 3.63) is 12.4 Å². The van der Waals surface area contributed by atoms with Crippen molar-refractivity contribution in [1.29, 1.82) is 0 Å². The Bertz CT molecular complexity index is 434. The number of nitrogens with one attached hydrogen (secondary N) is 2. The standard InChI is InChI=1S/C16H28N4O/c1-4-8-18-14-11-17-12-15(20-14)19-13-7-9-21-16(5-2,6-3)10-13/h11-13H,4-10H2,1-3H3,(H2,18,19,20). The van der Waals surface area contributed by atoms with Crippen molar-refractivity contribution >= 4 is 11.6 Å². The van der Waals surface area contributed by atoms with Gasteiger partial charge in [-0.25, -0.2) is 4.98 Å². The first kappa shape index (κ1) is 16.0. The molecule has 1 aliphatic rings. The van der Waals surface area contributed by atoms with Crippen LogP contribution in [0, 0.1) is 0 Å². The largest absolute Gasteiger partial charge is 0.375 e. The average Bonchev–Trinajstić information content (AvgIpc) is 2.53. The molecular formula is C16H28N4O. The van der Waals surface area contributed by atoms with Crippen molar-refractivity contribution in [3.8, 4) is 0 Å². The summed E-state index contributed by atoms with van der Waals surface area (Å²) >= 11 is 0. The highest BCUT2D eigenvalue weighted by Gasteiger charge is 2.34. The van der Waals surface area contributed by atoms with E-state index in [4.69, 9.17) is 4.74 Å². The summed E-state index contributed by atoms with van der Waals surface area (Å²) in [6.45, 7) is 8.30. The molecule has 1 atom stereocenters. The predicted octanol–water partition coefficient (Wildman–Crippen LogP) is 3.45. The van der Waals surface area contributed by atoms with Gasteiger partial charge in [0.1, 0.15) is 11.6 Å². The van der Waals surface area contributed by atoms with Crippen LogP contribution in [0.1, 0.15) is 52.9 Å². The summed E-state index contributed by atoms with van der Waals surface area (Å²) in [6.07, 6.45) is 8.83. The zero-order valence-corrected chi connectivity index (χ0v) is 13.5. The highest BCUT2D eigenvalue weighted by molar-refractivity contribution is 5.42. The molecular weight excluding hydrogens is 264 g/mol. The first-order valence-electron chi connectivity index (χ1n) is 8.17. The van der Waals surface area contributed by atoms with Crippen molar-refractivity contribution in [1.82, 2.24) is 9.97 Å². The SMILES string of the molecule is CCCNc1cncc(NC2CCOC(CC)(CC)C2)n1. The molecule has 0 radical (unpaired) electrons. The molecule has 0 aliphatic carbocycles. The van der Waals surface area contributed by atoms with Crippen molar-refractivity contribution in [3.63, 3.8) is 0 Å². The highest BCUT2D eigenvalue weighted by atomic mass is 16.5. The quantitative estimate of drug-likeness (QED) is 0.806. The van der Waals surface area contributed by atoms with Gasteiger partial charge < -0.3 is 15.4 Å². The van der Waals surface area contributed by atoms with Gasteiger partial charge in [-0.1, -0.05) is 20.8 Å². The smallest absolute Gasteiger partial charge is 0.147 e. The summed E-state index contributed by atoms with van der Waals surface area (Å²) in [5, 5.41) is 6.80. The lowest BCUT2D eigenvalue weighted by atomic mass is 9.86. The van der Waals surface area contributed by atoms with Crippen LogP contribution in [0.5, 0.6) is 0 Å². The number of anilines is 2. The molecule has 5 nitrogen and oxygen atoms in total. The number of hydrogen-bond acceptors (Lipinski definition) is 5. The molecule has 1 aromatic heterocycles. The van der Waals surface area contributed by atoms with Crippen LogP contribution in [0.15, 0.2) is 12.4 Å². The molecule has 0 amide bonds. The molecule has 0 spiro atoms. The van der Waals surface area contributed by atoms with E-state index in [-0.39, 0.29) is 5.60 Å². The molecule has 0 aromatic carbocycles. The Hall–Kier alpha value is -1.36. The first-order valence-corrected chi connectivity index (χ1v) is 8.17. The van der Waals surface area contributed by atoms with Crippen LogP contribution in [0.2, 0.25) is 0 Å². The Balaban J connectivity index is 1.97. The summed E-state index contributed by atoms with van der Waals surface area (Å²) in [5.74, 6) is 1.69. The van der Waals surface area contributed by atoms with Crippen LogP contribution in [0.25, 0.3) is 0 Å². The average molecular weight is 292 g/mol. The third kappa shape index (κ3) is 4.30. The predicted molar refractivity (Wildman–Crippen MR) is 86.7 cm³/mol. The maximum atomic E-state index is 6.02. The fraction of sp³-hybridized carbons (Fsp3) is 0.750. The van der Waals surface area contributed by atoms with E-state index in [9.17, 15) is 0 Å². The van der Waals surface area contributed by atoms with Gasteiger partial charge in [-0.3, -0.25) is 4.98 Å². The van der Waals surface area contributed by atoms with Crippen molar-refractivity contribution < 1.29 is 4.74 Å². The van der Waals surface area contributed by atoms with Gasteiger partial charge in [0.2, 0.25) is 0 Å². The molecule has 2 heterocycles. The third-order valence-corrected chi connectivity index (χ3v) is 4.32. The number of ether oxygens (including phenoxy) is 1. The second-order valence-electron chi connectivity index (χ2n) is 5.79. The van der Waals surface area contributed by atoms with Crippen LogP contribution in [-0.2, 0) is 4.74 Å². The molecule has 1 fully saturated rings. The summed E-state index contributed by atoms with van der Waals surface area (Å²) in [4.78, 5) is 8.84. The Morgan fingerprint density at radius 1 is 1.24 bits per heavy atom. The van der Waals surface area contributed by atoms with Crippen molar-refractivity contribution in [2.24, 2.45) is 0 Å². The van der Waals surface area contributed by atoms with E-state index < -0.39 is 0 Å². The second-order valence-corrected chi connectivity index (χ2v) is 5.79. The van der Waals surface area contributed by atoms with E-state index >= 15 is 0 Å². The van der Waals surface area contributed by atoms with Crippen LogP contribution in [0.3, 0.4) is 0 Å². The van der Waals surface area contributed by atoms with Gasteiger partial charge in [0.25, 0.3) is 0 Å². The van der Waals surface area contributed by atoms with E-state index in [1.165, 1.54) is 0 Å². The van der Waals surface area contributed by atoms with Gasteiger partial charge in [-0.15, -0.1) is 0 Å². The molecule has 0 bridgehead atoms. The minimum atomic E-state index is 0.0292. The Kier molecular flexibility index (Phi) is 5.79. The van der Waals surface area contributed by atoms with Crippen LogP contribution in [0.4, 0.5) is 11.6 Å². The lowest BCUT2D eigenvalue weighted by molar-refractivity contribution is -0.0864. The molecule has 21 heavy (non-hydrogen) atoms. The lowest BCUT2D eigenvalue weighted by Gasteiger charge is -2.40. The Labute approximate surface area is 127 Å². The van der Waals surface area contributed by atoms with Gasteiger partial charge in [-0.05, 0) is 32.1 Å². The highest BCUT2D eigenvalue weighted by Crippen LogP contribution is 2.32. The topological polar surface area (TPSA) is 59.1 Å². The van der Waals surface area contributed by atoms with E-state index in [0.717, 1.165) is 56.9 Å². The van der Waals surface area contributed by atoms with Crippen LogP contribution in [-0.4, -0.2) is 34.8 Å². The van der Waals surface area contributed by atoms with Crippen LogP contribution < -0.4 is 10.6 Å². The molecule has 0 saturated carbocycles. The van der Waals surface area contributed by atoms with Crippen LogP contribution >= 0.6 is 0 Å². The number of hydrogen-bond donors (Lipinski definition) is 2. The summed E-state index contributed by atoms with van der Waals surface area (Å²) < 4.78 is 6.02. The minimum absolute atomic E-state index is 0.0292. The maximum Gasteiger partial charge on any atom is 0.147 e. The first-order chi connectivity index (χ1) is 10.2. The van der Waals surface area contributed by atoms with E-state index in [1.54, 1.807) is 12.4 Å². The zero-order chi connectivity index (χ0) is 15.1. The van der Waals surface area contributed by atoms with Gasteiger partial charge in [-0.2, -0.15) is 0 Å². The normalized spacial score (nSPS) is 21.0. The number of aromatic nitrogens is 2. The minimum Gasteiger partial charge on any atom is -0.375 e. The summed E-state index contributed by atoms with van der Waals surface area (Å²) in [5.41, 5.74) is 0.0292. The van der Waals surface area contributed by atoms with E-state index in [0.29, 0.717) is 6.04 Å². The van der Waals surface area contributed by atoms with E-state index in [2.05, 4.69) is 41.4 Å². The lowest BCUT2D eigenvalue weighted by Crippen LogP contribution is -2.43. The fourth-order valence-electron chi connectivity index (χ4n) is 2.88. The summed E-state index contributed by atoms with van der Waals surface area (Å²) in [6, 6.07) is 0.411. The Morgan fingerprint density at radius 2 is 2.00 bits per heavy atom. The zero-order valence-electron chi connectivity index (χ0n) is 13.5. The number of rotatable bonds is 7. The Morgan fingerprint density at radius 3 is 2.71 bits per heavy atom. The molecule has 1 saturated heterocycles. The van der Waals surface area contributed by atoms with E-state index in [1.807, 2.05) is 0 Å². The fourth-order valence-corrected chi connectivity index (χ4v) is 2.88. The molecule has 1 aromatic rings. The van der Waals surface area contributed by atoms with Crippen molar-refractivity contribution in [2.75, 3.05) is 23.8 Å². The number of nitrogens with zero attached hydrogens (tertiary/aromatic N) is 2. The maximum absolute atomic E-state index is 6.02. The molecule has 2 N–H and O–H groups in total. The van der Waals surface area contributed by atoms with Gasteiger partial charge >= 0.3 is 0 Å². The molecule has 1 aliphatic heterocycles. The van der Waals surface area contributed by atoms with Gasteiger partial charge in [0, 0.05) is 19.2 Å². The van der Waals surface area contributed by atoms with Crippen molar-refractivity contribution in [2.45, 2.75) is 64.5 Å². The van der Waals surface area contributed by atoms with Gasteiger partial charge in [0.15, 0.2) is 0 Å². The van der Waals surface area contributed by atoms with Gasteiger partial charge in [0.05, 0.1) is 18.0 Å². The molecule has 5 heteroatoms. The monoisotopic (exact) mass is 292 g/mol. The molecule has 2 rings (SSSR count).